The monoisotopic (exact) mass is 196 g/mol. The van der Waals surface area contributed by atoms with Gasteiger partial charge in [-0.3, -0.25) is 4.68 Å². The van der Waals surface area contributed by atoms with Crippen LogP contribution in [0, 0.1) is 0 Å². The summed E-state index contributed by atoms with van der Waals surface area (Å²) in [6.45, 7) is 0.000694. The van der Waals surface area contributed by atoms with Crippen LogP contribution in [0.1, 0.15) is 6.42 Å². The van der Waals surface area contributed by atoms with Crippen molar-refractivity contribution in [1.29, 1.82) is 0 Å². The Balaban J connectivity index is 2.44. The summed E-state index contributed by atoms with van der Waals surface area (Å²) in [6, 6.07) is 0. The summed E-state index contributed by atoms with van der Waals surface area (Å²) < 4.78 is 25.4. The van der Waals surface area contributed by atoms with Crippen LogP contribution >= 0.6 is 11.6 Å². The minimum Gasteiger partial charge on any atom is -0.367 e. The standard InChI is InChI=1S/C5H7ClF2N4/c6-5(7,8)1-2-12-3-10-4(9)11-12/h3H,1-2H2,(H2,9,11). The molecule has 1 heterocycles. The van der Waals surface area contributed by atoms with Gasteiger partial charge in [-0.25, -0.2) is 4.98 Å². The first kappa shape index (κ1) is 9.18. The molecule has 2 N–H and O–H groups in total. The predicted molar refractivity (Wildman–Crippen MR) is 39.9 cm³/mol. The van der Waals surface area contributed by atoms with Crippen molar-refractivity contribution in [2.24, 2.45) is 0 Å². The molecule has 0 radical (unpaired) electrons. The Labute approximate surface area is 72.3 Å². The van der Waals surface area contributed by atoms with Crippen LogP contribution in [0.4, 0.5) is 14.7 Å². The number of aryl methyl sites for hydroxylation is 1. The SMILES string of the molecule is Nc1ncn(CCC(F)(F)Cl)n1. The van der Waals surface area contributed by atoms with Crippen LogP contribution in [0.3, 0.4) is 0 Å². The lowest BCUT2D eigenvalue weighted by atomic mass is 10.4. The van der Waals surface area contributed by atoms with Gasteiger partial charge in [-0.15, -0.1) is 5.10 Å². The zero-order valence-electron chi connectivity index (χ0n) is 6.04. The summed E-state index contributed by atoms with van der Waals surface area (Å²) >= 11 is 4.66. The minimum atomic E-state index is -3.19. The maximum Gasteiger partial charge on any atom is 0.323 e. The van der Waals surface area contributed by atoms with E-state index in [0.717, 1.165) is 0 Å². The number of hydrogen-bond acceptors (Lipinski definition) is 3. The maximum atomic E-state index is 12.1. The highest BCUT2D eigenvalue weighted by Gasteiger charge is 2.24. The zero-order valence-corrected chi connectivity index (χ0v) is 6.80. The van der Waals surface area contributed by atoms with E-state index in [1.165, 1.54) is 11.0 Å². The van der Waals surface area contributed by atoms with Gasteiger partial charge < -0.3 is 5.73 Å². The van der Waals surface area contributed by atoms with Crippen LogP contribution in [-0.2, 0) is 6.54 Å². The number of rotatable bonds is 3. The van der Waals surface area contributed by atoms with Gasteiger partial charge in [0.25, 0.3) is 0 Å². The van der Waals surface area contributed by atoms with Gasteiger partial charge in [0.2, 0.25) is 5.95 Å². The predicted octanol–water partition coefficient (Wildman–Crippen LogP) is 1.08. The first-order chi connectivity index (χ1) is 5.47. The smallest absolute Gasteiger partial charge is 0.323 e. The van der Waals surface area contributed by atoms with Crippen LogP contribution in [0.15, 0.2) is 6.33 Å². The van der Waals surface area contributed by atoms with Gasteiger partial charge in [-0.05, 0) is 11.6 Å². The normalized spacial score (nSPS) is 11.9. The fraction of sp³-hybridized carbons (Fsp3) is 0.600. The average molecular weight is 197 g/mol. The van der Waals surface area contributed by atoms with E-state index in [2.05, 4.69) is 21.7 Å². The van der Waals surface area contributed by atoms with Crippen LogP contribution in [0.5, 0.6) is 0 Å². The first-order valence-electron chi connectivity index (χ1n) is 3.19. The van der Waals surface area contributed by atoms with Gasteiger partial charge in [-0.1, -0.05) is 0 Å². The lowest BCUT2D eigenvalue weighted by Crippen LogP contribution is -2.11. The molecule has 0 unspecified atom stereocenters. The van der Waals surface area contributed by atoms with Gasteiger partial charge >= 0.3 is 5.38 Å². The second-order valence-electron chi connectivity index (χ2n) is 2.23. The zero-order chi connectivity index (χ0) is 9.19. The Bertz CT molecular complexity index is 256. The number of nitrogens with two attached hydrogens (primary N) is 1. The van der Waals surface area contributed by atoms with Crippen LogP contribution < -0.4 is 5.73 Å². The van der Waals surface area contributed by atoms with Crippen molar-refractivity contribution in [1.82, 2.24) is 14.8 Å². The van der Waals surface area contributed by atoms with E-state index in [4.69, 9.17) is 5.73 Å². The van der Waals surface area contributed by atoms with Crippen molar-refractivity contribution < 1.29 is 8.78 Å². The fourth-order valence-electron chi connectivity index (χ4n) is 0.658. The van der Waals surface area contributed by atoms with E-state index < -0.39 is 11.8 Å². The lowest BCUT2D eigenvalue weighted by Gasteiger charge is -2.05. The number of hydrogen-bond donors (Lipinski definition) is 1. The molecular weight excluding hydrogens is 190 g/mol. The van der Waals surface area contributed by atoms with Gasteiger partial charge in [0, 0.05) is 13.0 Å². The topological polar surface area (TPSA) is 56.7 Å². The number of halogens is 3. The van der Waals surface area contributed by atoms with Crippen molar-refractivity contribution in [2.75, 3.05) is 5.73 Å². The van der Waals surface area contributed by atoms with Crippen molar-refractivity contribution in [3.63, 3.8) is 0 Å². The summed E-state index contributed by atoms with van der Waals surface area (Å²) in [5.41, 5.74) is 5.15. The highest BCUT2D eigenvalue weighted by molar-refractivity contribution is 6.21. The van der Waals surface area contributed by atoms with Crippen LogP contribution in [0.25, 0.3) is 0 Å². The van der Waals surface area contributed by atoms with E-state index >= 15 is 0 Å². The number of aromatic nitrogens is 3. The molecule has 0 atom stereocenters. The van der Waals surface area contributed by atoms with Crippen molar-refractivity contribution in [3.05, 3.63) is 6.33 Å². The van der Waals surface area contributed by atoms with E-state index in [-0.39, 0.29) is 12.5 Å². The molecule has 4 nitrogen and oxygen atoms in total. The van der Waals surface area contributed by atoms with Gasteiger partial charge in [0.15, 0.2) is 0 Å². The second-order valence-corrected chi connectivity index (χ2v) is 2.78. The maximum absolute atomic E-state index is 12.1. The lowest BCUT2D eigenvalue weighted by molar-refractivity contribution is 0.0795. The molecule has 0 saturated heterocycles. The van der Waals surface area contributed by atoms with Crippen molar-refractivity contribution >= 4 is 17.5 Å². The molecule has 68 valence electrons. The fourth-order valence-corrected chi connectivity index (χ4v) is 0.743. The molecule has 0 amide bonds. The molecule has 1 aromatic heterocycles. The quantitative estimate of drug-likeness (QED) is 0.736. The summed E-state index contributed by atoms with van der Waals surface area (Å²) in [5.74, 6) is 0.0629. The molecule has 7 heteroatoms. The summed E-state index contributed by atoms with van der Waals surface area (Å²) in [7, 11) is 0. The molecule has 0 bridgehead atoms. The largest absolute Gasteiger partial charge is 0.367 e. The molecular formula is C5H7ClF2N4. The molecule has 0 spiro atoms. The van der Waals surface area contributed by atoms with Crippen molar-refractivity contribution in [3.8, 4) is 0 Å². The third-order valence-corrected chi connectivity index (χ3v) is 1.37. The summed E-state index contributed by atoms with van der Waals surface area (Å²) in [6.07, 6.45) is 0.787. The molecule has 12 heavy (non-hydrogen) atoms. The average Bonchev–Trinajstić information content (AvgIpc) is 2.30. The Hall–Kier alpha value is -0.910. The Morgan fingerprint density at radius 2 is 2.33 bits per heavy atom. The van der Waals surface area contributed by atoms with E-state index in [1.54, 1.807) is 0 Å². The van der Waals surface area contributed by atoms with Crippen LogP contribution in [0.2, 0.25) is 0 Å². The van der Waals surface area contributed by atoms with Crippen molar-refractivity contribution in [2.45, 2.75) is 18.3 Å². The second kappa shape index (κ2) is 3.22. The summed E-state index contributed by atoms with van der Waals surface area (Å²) in [4.78, 5) is 3.56. The minimum absolute atomic E-state index is 0.000694. The Morgan fingerprint density at radius 3 is 2.75 bits per heavy atom. The number of alkyl halides is 3. The molecule has 1 aromatic rings. The third-order valence-electron chi connectivity index (χ3n) is 1.18. The van der Waals surface area contributed by atoms with E-state index in [9.17, 15) is 8.78 Å². The molecule has 1 rings (SSSR count). The number of nitrogens with zero attached hydrogens (tertiary/aromatic N) is 3. The number of anilines is 1. The molecule has 0 aliphatic heterocycles. The highest BCUT2D eigenvalue weighted by Crippen LogP contribution is 2.23. The Morgan fingerprint density at radius 1 is 1.67 bits per heavy atom. The molecule has 0 fully saturated rings. The number of nitrogen functional groups attached to an aromatic ring is 1. The third kappa shape index (κ3) is 3.00. The highest BCUT2D eigenvalue weighted by atomic mass is 35.5. The molecule has 0 aromatic carbocycles. The molecule has 0 aliphatic carbocycles. The van der Waals surface area contributed by atoms with Gasteiger partial charge in [0.05, 0.1) is 0 Å². The van der Waals surface area contributed by atoms with Gasteiger partial charge in [0.1, 0.15) is 6.33 Å². The van der Waals surface area contributed by atoms with Crippen LogP contribution in [-0.4, -0.2) is 20.1 Å². The molecule has 0 aliphatic rings. The Kier molecular flexibility index (Phi) is 2.46. The summed E-state index contributed by atoms with van der Waals surface area (Å²) in [5, 5.41) is 0.411. The van der Waals surface area contributed by atoms with E-state index in [1.807, 2.05) is 0 Å². The molecule has 0 saturated carbocycles. The first-order valence-corrected chi connectivity index (χ1v) is 3.57. The van der Waals surface area contributed by atoms with E-state index in [0.29, 0.717) is 0 Å². The van der Waals surface area contributed by atoms with Gasteiger partial charge in [-0.2, -0.15) is 8.78 Å².